The van der Waals surface area contributed by atoms with Gasteiger partial charge in [-0.2, -0.15) is 0 Å². The van der Waals surface area contributed by atoms with Crippen LogP contribution in [0.25, 0.3) is 0 Å². The monoisotopic (exact) mass is 274 g/mol. The van der Waals surface area contributed by atoms with E-state index >= 15 is 0 Å². The molecule has 1 fully saturated rings. The lowest BCUT2D eigenvalue weighted by atomic mass is 10.1. The molecule has 9 heteroatoms. The second-order valence-electron chi connectivity index (χ2n) is 4.05. The Bertz CT molecular complexity index is 596. The lowest BCUT2D eigenvalue weighted by Gasteiger charge is -2.15. The highest BCUT2D eigenvalue weighted by molar-refractivity contribution is 5.73. The van der Waals surface area contributed by atoms with Crippen LogP contribution in [0.15, 0.2) is 15.8 Å². The first-order chi connectivity index (χ1) is 8.99. The van der Waals surface area contributed by atoms with E-state index in [0.717, 1.165) is 6.20 Å². The molecule has 0 bridgehead atoms. The average molecular weight is 274 g/mol. The van der Waals surface area contributed by atoms with Gasteiger partial charge in [0.25, 0.3) is 5.56 Å². The quantitative estimate of drug-likeness (QED) is 0.545. The topological polar surface area (TPSA) is 122 Å². The minimum absolute atomic E-state index is 0.205. The second-order valence-corrected chi connectivity index (χ2v) is 4.05. The van der Waals surface area contributed by atoms with Crippen LogP contribution in [0.4, 0.5) is 4.39 Å². The van der Waals surface area contributed by atoms with Crippen LogP contribution in [-0.4, -0.2) is 51.0 Å². The van der Waals surface area contributed by atoms with Gasteiger partial charge in [0.1, 0.15) is 12.2 Å². The van der Waals surface area contributed by atoms with Crippen LogP contribution in [-0.2, 0) is 4.74 Å². The number of aromatic nitrogens is 2. The van der Waals surface area contributed by atoms with Gasteiger partial charge in [-0.3, -0.25) is 19.1 Å². The summed E-state index contributed by atoms with van der Waals surface area (Å²) in [5.41, 5.74) is -2.25. The fraction of sp³-hybridized carbons (Fsp3) is 0.500. The molecule has 1 aromatic rings. The molecular weight excluding hydrogens is 263 g/mol. The summed E-state index contributed by atoms with van der Waals surface area (Å²) in [6.45, 7) is -0.628. The third kappa shape index (κ3) is 2.23. The van der Waals surface area contributed by atoms with Gasteiger partial charge in [0, 0.05) is 6.20 Å². The largest absolute Gasteiger partial charge is 0.394 e. The molecule has 19 heavy (non-hydrogen) atoms. The number of halogens is 1. The molecule has 2 rings (SSSR count). The Morgan fingerprint density at radius 3 is 2.74 bits per heavy atom. The third-order valence-corrected chi connectivity index (χ3v) is 2.87. The molecule has 104 valence electrons. The standard InChI is InChI=1S/C10H11FN2O6/c11-6-7(16)5(3-15)19-9(6)13-1-4(2-14)8(17)12-10(13)18/h1-2,5-7,9,15-16H,3H2,(H,12,17,18)/t5-,6+,7-,9-/m1/s1. The van der Waals surface area contributed by atoms with Crippen molar-refractivity contribution in [2.75, 3.05) is 6.61 Å². The van der Waals surface area contributed by atoms with E-state index in [4.69, 9.17) is 9.84 Å². The van der Waals surface area contributed by atoms with Crippen molar-refractivity contribution >= 4 is 6.29 Å². The number of aliphatic hydroxyl groups excluding tert-OH is 2. The molecule has 3 N–H and O–H groups in total. The number of aldehydes is 1. The van der Waals surface area contributed by atoms with Gasteiger partial charge in [0.2, 0.25) is 0 Å². The molecule has 0 aliphatic carbocycles. The number of nitrogens with one attached hydrogen (secondary N) is 1. The normalized spacial score (nSPS) is 30.5. The molecule has 1 aliphatic heterocycles. The van der Waals surface area contributed by atoms with E-state index in [9.17, 15) is 23.9 Å². The Labute approximate surface area is 105 Å². The maximum atomic E-state index is 13.8. The van der Waals surface area contributed by atoms with Crippen molar-refractivity contribution in [1.29, 1.82) is 0 Å². The second kappa shape index (κ2) is 5.03. The zero-order valence-corrected chi connectivity index (χ0v) is 9.52. The van der Waals surface area contributed by atoms with Gasteiger partial charge in [-0.25, -0.2) is 9.18 Å². The van der Waals surface area contributed by atoms with Crippen molar-refractivity contribution in [3.8, 4) is 0 Å². The SMILES string of the molecule is O=Cc1cn([C@@H]2O[C@H](CO)[C@@H](O)[C@@H]2F)c(=O)[nH]c1=O. The van der Waals surface area contributed by atoms with E-state index in [1.54, 1.807) is 0 Å². The number of hydrogen-bond donors (Lipinski definition) is 3. The maximum Gasteiger partial charge on any atom is 0.330 e. The first-order valence-corrected chi connectivity index (χ1v) is 5.38. The number of H-pyrrole nitrogens is 1. The maximum absolute atomic E-state index is 13.8. The van der Waals surface area contributed by atoms with E-state index in [-0.39, 0.29) is 11.8 Å². The Morgan fingerprint density at radius 2 is 2.21 bits per heavy atom. The number of ether oxygens (including phenoxy) is 1. The van der Waals surface area contributed by atoms with Crippen LogP contribution in [0.3, 0.4) is 0 Å². The number of aromatic amines is 1. The molecule has 4 atom stereocenters. The summed E-state index contributed by atoms with van der Waals surface area (Å²) < 4.78 is 19.4. The molecule has 0 spiro atoms. The molecule has 1 aromatic heterocycles. The summed E-state index contributed by atoms with van der Waals surface area (Å²) in [7, 11) is 0. The minimum atomic E-state index is -1.97. The zero-order chi connectivity index (χ0) is 14.2. The summed E-state index contributed by atoms with van der Waals surface area (Å²) >= 11 is 0. The van der Waals surface area contributed by atoms with Crippen LogP contribution in [0.5, 0.6) is 0 Å². The summed E-state index contributed by atoms with van der Waals surface area (Å²) in [4.78, 5) is 35.2. The molecule has 0 saturated carbocycles. The van der Waals surface area contributed by atoms with Crippen LogP contribution < -0.4 is 11.2 Å². The summed E-state index contributed by atoms with van der Waals surface area (Å²) in [6, 6.07) is 0. The van der Waals surface area contributed by atoms with Crippen LogP contribution in [0.1, 0.15) is 16.6 Å². The molecule has 0 aromatic carbocycles. The van der Waals surface area contributed by atoms with Crippen LogP contribution in [0.2, 0.25) is 0 Å². The highest BCUT2D eigenvalue weighted by atomic mass is 19.1. The number of carbonyl (C=O) groups excluding carboxylic acids is 1. The van der Waals surface area contributed by atoms with Gasteiger partial charge in [-0.15, -0.1) is 0 Å². The van der Waals surface area contributed by atoms with Gasteiger partial charge in [-0.1, -0.05) is 0 Å². The van der Waals surface area contributed by atoms with Gasteiger partial charge < -0.3 is 14.9 Å². The number of rotatable bonds is 3. The molecular formula is C10H11FN2O6. The molecule has 0 unspecified atom stereocenters. The van der Waals surface area contributed by atoms with Crippen molar-refractivity contribution in [2.24, 2.45) is 0 Å². The Kier molecular flexibility index (Phi) is 3.60. The van der Waals surface area contributed by atoms with E-state index in [1.165, 1.54) is 0 Å². The smallest absolute Gasteiger partial charge is 0.330 e. The number of alkyl halides is 1. The van der Waals surface area contributed by atoms with E-state index in [1.807, 2.05) is 4.98 Å². The summed E-state index contributed by atoms with van der Waals surface area (Å²) in [5.74, 6) is 0. The molecule has 1 saturated heterocycles. The first-order valence-electron chi connectivity index (χ1n) is 5.38. The van der Waals surface area contributed by atoms with Crippen molar-refractivity contribution in [1.82, 2.24) is 9.55 Å². The first kappa shape index (κ1) is 13.6. The number of aliphatic hydroxyl groups is 2. The van der Waals surface area contributed by atoms with Gasteiger partial charge >= 0.3 is 5.69 Å². The van der Waals surface area contributed by atoms with E-state index in [2.05, 4.69) is 0 Å². The van der Waals surface area contributed by atoms with E-state index < -0.39 is 42.5 Å². The highest BCUT2D eigenvalue weighted by Gasteiger charge is 2.45. The Hall–Kier alpha value is -1.84. The number of hydrogen-bond acceptors (Lipinski definition) is 6. The van der Waals surface area contributed by atoms with Gasteiger partial charge in [0.05, 0.1) is 12.2 Å². The molecule has 2 heterocycles. The van der Waals surface area contributed by atoms with Crippen molar-refractivity contribution in [3.05, 3.63) is 32.6 Å². The average Bonchev–Trinajstić information content (AvgIpc) is 2.67. The molecule has 1 aliphatic rings. The highest BCUT2D eigenvalue weighted by Crippen LogP contribution is 2.30. The van der Waals surface area contributed by atoms with Crippen molar-refractivity contribution in [3.63, 3.8) is 0 Å². The fourth-order valence-corrected chi connectivity index (χ4v) is 1.85. The summed E-state index contributed by atoms with van der Waals surface area (Å²) in [5, 5.41) is 18.3. The van der Waals surface area contributed by atoms with Crippen molar-refractivity contribution in [2.45, 2.75) is 24.6 Å². The Balaban J connectivity index is 2.46. The zero-order valence-electron chi connectivity index (χ0n) is 9.52. The molecule has 0 radical (unpaired) electrons. The summed E-state index contributed by atoms with van der Waals surface area (Å²) in [6.07, 6.45) is -5.23. The molecule has 8 nitrogen and oxygen atoms in total. The van der Waals surface area contributed by atoms with Crippen LogP contribution >= 0.6 is 0 Å². The third-order valence-electron chi connectivity index (χ3n) is 2.87. The van der Waals surface area contributed by atoms with Crippen LogP contribution in [0, 0.1) is 0 Å². The lowest BCUT2D eigenvalue weighted by Crippen LogP contribution is -2.37. The predicted molar refractivity (Wildman–Crippen MR) is 58.6 cm³/mol. The Morgan fingerprint density at radius 1 is 1.53 bits per heavy atom. The minimum Gasteiger partial charge on any atom is -0.394 e. The van der Waals surface area contributed by atoms with Gasteiger partial charge in [-0.05, 0) is 0 Å². The van der Waals surface area contributed by atoms with E-state index in [0.29, 0.717) is 4.57 Å². The molecule has 0 amide bonds. The number of nitrogens with zero attached hydrogens (tertiary/aromatic N) is 1. The predicted octanol–water partition coefficient (Wildman–Crippen LogP) is -2.06. The fourth-order valence-electron chi connectivity index (χ4n) is 1.85. The van der Waals surface area contributed by atoms with Crippen molar-refractivity contribution < 1.29 is 24.1 Å². The lowest BCUT2D eigenvalue weighted by molar-refractivity contribution is -0.0492. The van der Waals surface area contributed by atoms with Gasteiger partial charge in [0.15, 0.2) is 18.7 Å². The number of carbonyl (C=O) groups is 1.